The van der Waals surface area contributed by atoms with Crippen LogP contribution in [0.1, 0.15) is 23.3 Å². The SMILES string of the molecule is CCOc1cc([C@@H]2c3sc(=O)n(CC(=O)Nc4ccc(F)cc4)c3S[C@@H]3C(=O)NC(=O)[C@H]23)ccc1O. The minimum absolute atomic E-state index is 0.0715. The van der Waals surface area contributed by atoms with Gasteiger partial charge in [-0.15, -0.1) is 0 Å². The van der Waals surface area contributed by atoms with E-state index in [0.29, 0.717) is 27.8 Å². The number of phenols is 1. The number of carbonyl (C=O) groups is 3. The van der Waals surface area contributed by atoms with Gasteiger partial charge in [0.25, 0.3) is 0 Å². The summed E-state index contributed by atoms with van der Waals surface area (Å²) in [6, 6.07) is 9.91. The lowest BCUT2D eigenvalue weighted by atomic mass is 9.83. The summed E-state index contributed by atoms with van der Waals surface area (Å²) < 4.78 is 19.9. The molecule has 3 amide bonds. The Morgan fingerprint density at radius 1 is 1.17 bits per heavy atom. The first-order valence-electron chi connectivity index (χ1n) is 11.0. The van der Waals surface area contributed by atoms with Crippen LogP contribution in [0.3, 0.4) is 0 Å². The molecule has 2 aliphatic rings. The van der Waals surface area contributed by atoms with Crippen molar-refractivity contribution in [3.05, 3.63) is 68.4 Å². The van der Waals surface area contributed by atoms with Gasteiger partial charge in [-0.2, -0.15) is 0 Å². The van der Waals surface area contributed by atoms with Gasteiger partial charge in [0.2, 0.25) is 17.7 Å². The average Bonchev–Trinajstić information content (AvgIpc) is 3.30. The minimum atomic E-state index is -0.792. The number of halogens is 1. The van der Waals surface area contributed by atoms with Crippen LogP contribution in [-0.2, 0) is 20.9 Å². The molecule has 0 aliphatic carbocycles. The normalized spacial score (nSPS) is 20.4. The summed E-state index contributed by atoms with van der Waals surface area (Å²) >= 11 is 1.99. The number of benzene rings is 2. The summed E-state index contributed by atoms with van der Waals surface area (Å²) in [4.78, 5) is 51.3. The Labute approximate surface area is 212 Å². The number of anilines is 1. The van der Waals surface area contributed by atoms with Crippen molar-refractivity contribution in [1.82, 2.24) is 9.88 Å². The number of nitrogens with one attached hydrogen (secondary N) is 2. The fourth-order valence-corrected chi connectivity index (χ4v) is 7.15. The molecule has 0 spiro atoms. The number of hydrogen-bond acceptors (Lipinski definition) is 8. The van der Waals surface area contributed by atoms with Gasteiger partial charge in [-0.05, 0) is 48.9 Å². The standard InChI is InChI=1S/C24H20FN3O6S2/c1-2-34-15-9-11(3-8-14(15)29)17-18-19(22(32)27-21(18)31)35-23-20(17)36-24(33)28(23)10-16(30)26-13-6-4-12(25)5-7-13/h3-9,17-19,29H,2,10H2,1H3,(H,26,30)(H,27,31,32)/t17-,18+,19-/m0/s1. The van der Waals surface area contributed by atoms with Crippen molar-refractivity contribution in [3.63, 3.8) is 0 Å². The zero-order chi connectivity index (χ0) is 25.6. The maximum Gasteiger partial charge on any atom is 0.308 e. The number of hydrogen-bond donors (Lipinski definition) is 3. The summed E-state index contributed by atoms with van der Waals surface area (Å²) in [7, 11) is 0. The van der Waals surface area contributed by atoms with Crippen LogP contribution in [0, 0.1) is 11.7 Å². The molecule has 186 valence electrons. The third kappa shape index (κ3) is 4.26. The Balaban J connectivity index is 1.54. The van der Waals surface area contributed by atoms with E-state index in [1.807, 2.05) is 0 Å². The number of phenolic OH excluding ortho intramolecular Hbond substituents is 1. The molecule has 36 heavy (non-hydrogen) atoms. The largest absolute Gasteiger partial charge is 0.504 e. The molecule has 5 rings (SSSR count). The van der Waals surface area contributed by atoms with Gasteiger partial charge in [0.1, 0.15) is 17.6 Å². The molecule has 3 N–H and O–H groups in total. The Hall–Kier alpha value is -3.64. The van der Waals surface area contributed by atoms with Crippen LogP contribution in [0.25, 0.3) is 0 Å². The van der Waals surface area contributed by atoms with Crippen molar-refractivity contribution >= 4 is 46.5 Å². The van der Waals surface area contributed by atoms with Crippen LogP contribution in [0.2, 0.25) is 0 Å². The van der Waals surface area contributed by atoms with E-state index in [0.717, 1.165) is 23.1 Å². The molecule has 2 aromatic carbocycles. The topological polar surface area (TPSA) is 127 Å². The quantitative estimate of drug-likeness (QED) is 0.419. The van der Waals surface area contributed by atoms with Crippen molar-refractivity contribution < 1.29 is 28.6 Å². The van der Waals surface area contributed by atoms with Crippen LogP contribution < -0.4 is 20.2 Å². The van der Waals surface area contributed by atoms with Crippen LogP contribution >= 0.6 is 23.1 Å². The number of carbonyl (C=O) groups excluding carboxylic acids is 3. The van der Waals surface area contributed by atoms with E-state index in [-0.39, 0.29) is 18.0 Å². The van der Waals surface area contributed by atoms with Crippen LogP contribution in [0.5, 0.6) is 11.5 Å². The number of thiazole rings is 1. The zero-order valence-corrected chi connectivity index (χ0v) is 20.5. The van der Waals surface area contributed by atoms with Crippen molar-refractivity contribution in [2.45, 2.75) is 29.7 Å². The van der Waals surface area contributed by atoms with Crippen LogP contribution in [0.15, 0.2) is 52.3 Å². The van der Waals surface area contributed by atoms with Gasteiger partial charge >= 0.3 is 4.87 Å². The molecule has 1 fully saturated rings. The smallest absolute Gasteiger partial charge is 0.308 e. The van der Waals surface area contributed by atoms with Crippen LogP contribution in [0.4, 0.5) is 10.1 Å². The lowest BCUT2D eigenvalue weighted by molar-refractivity contribution is -0.126. The summed E-state index contributed by atoms with van der Waals surface area (Å²) in [5.74, 6) is -3.13. The molecule has 3 atom stereocenters. The number of ether oxygens (including phenoxy) is 1. The Morgan fingerprint density at radius 3 is 2.64 bits per heavy atom. The second kappa shape index (κ2) is 9.43. The van der Waals surface area contributed by atoms with Gasteiger partial charge in [-0.3, -0.25) is 29.1 Å². The van der Waals surface area contributed by atoms with Gasteiger partial charge in [0, 0.05) is 16.5 Å². The number of imide groups is 1. The highest BCUT2D eigenvalue weighted by atomic mass is 32.2. The van der Waals surface area contributed by atoms with Gasteiger partial charge in [0.15, 0.2) is 11.5 Å². The molecule has 0 bridgehead atoms. The first-order valence-corrected chi connectivity index (χ1v) is 12.7. The molecule has 0 radical (unpaired) electrons. The molecule has 1 saturated heterocycles. The fourth-order valence-electron chi connectivity index (χ4n) is 4.41. The lowest BCUT2D eigenvalue weighted by Gasteiger charge is -2.31. The predicted molar refractivity (Wildman–Crippen MR) is 131 cm³/mol. The average molecular weight is 530 g/mol. The number of aromatic hydroxyl groups is 1. The zero-order valence-electron chi connectivity index (χ0n) is 18.8. The number of aromatic nitrogens is 1. The third-order valence-corrected chi connectivity index (χ3v) is 8.58. The molecule has 0 unspecified atom stereocenters. The Morgan fingerprint density at radius 2 is 1.92 bits per heavy atom. The Bertz CT molecular complexity index is 1430. The number of amides is 3. The van der Waals surface area contributed by atoms with E-state index in [4.69, 9.17) is 4.74 Å². The van der Waals surface area contributed by atoms with Crippen LogP contribution in [-0.4, -0.2) is 39.3 Å². The first kappa shape index (κ1) is 24.1. The highest BCUT2D eigenvalue weighted by molar-refractivity contribution is 8.00. The molecule has 3 aromatic rings. The number of rotatable bonds is 6. The highest BCUT2D eigenvalue weighted by Crippen LogP contribution is 2.52. The predicted octanol–water partition coefficient (Wildman–Crippen LogP) is 2.67. The van der Waals surface area contributed by atoms with E-state index < -0.39 is 45.5 Å². The molecule has 1 aromatic heterocycles. The maximum absolute atomic E-state index is 13.2. The second-order valence-corrected chi connectivity index (χ2v) is 10.4. The van der Waals surface area contributed by atoms with E-state index in [1.54, 1.807) is 19.1 Å². The van der Waals surface area contributed by atoms with Gasteiger partial charge in [0.05, 0.1) is 17.6 Å². The summed E-state index contributed by atoms with van der Waals surface area (Å²) in [6.45, 7) is 1.75. The summed E-state index contributed by atoms with van der Waals surface area (Å²) in [5.41, 5.74) is 0.972. The third-order valence-electron chi connectivity index (χ3n) is 5.96. The molecule has 12 heteroatoms. The van der Waals surface area contributed by atoms with E-state index in [9.17, 15) is 28.7 Å². The van der Waals surface area contributed by atoms with E-state index >= 15 is 0 Å². The van der Waals surface area contributed by atoms with E-state index in [1.165, 1.54) is 34.9 Å². The maximum atomic E-state index is 13.2. The highest BCUT2D eigenvalue weighted by Gasteiger charge is 2.53. The summed E-state index contributed by atoms with van der Waals surface area (Å²) in [5, 5.41) is 14.8. The van der Waals surface area contributed by atoms with Crippen molar-refractivity contribution in [3.8, 4) is 11.5 Å². The van der Waals surface area contributed by atoms with Crippen molar-refractivity contribution in [1.29, 1.82) is 0 Å². The fraction of sp³-hybridized carbons (Fsp3) is 0.250. The molecule has 2 aliphatic heterocycles. The Kier molecular flexibility index (Phi) is 6.31. The van der Waals surface area contributed by atoms with Gasteiger partial charge < -0.3 is 15.2 Å². The van der Waals surface area contributed by atoms with E-state index in [2.05, 4.69) is 10.6 Å². The number of thioether (sulfide) groups is 1. The van der Waals surface area contributed by atoms with Crippen molar-refractivity contribution in [2.24, 2.45) is 5.92 Å². The molecule has 0 saturated carbocycles. The molecular formula is C24H20FN3O6S2. The van der Waals surface area contributed by atoms with Gasteiger partial charge in [-0.25, -0.2) is 4.39 Å². The minimum Gasteiger partial charge on any atom is -0.504 e. The molecule has 9 nitrogen and oxygen atoms in total. The molecular weight excluding hydrogens is 509 g/mol. The summed E-state index contributed by atoms with van der Waals surface area (Å²) in [6.07, 6.45) is 0. The molecule has 3 heterocycles. The monoisotopic (exact) mass is 529 g/mol. The first-order chi connectivity index (χ1) is 17.3. The lowest BCUT2D eigenvalue weighted by Crippen LogP contribution is -2.32. The van der Waals surface area contributed by atoms with Crippen molar-refractivity contribution in [2.75, 3.05) is 11.9 Å². The number of fused-ring (bicyclic) bond motifs is 2. The van der Waals surface area contributed by atoms with Gasteiger partial charge in [-0.1, -0.05) is 29.2 Å². The number of nitrogens with zero attached hydrogens (tertiary/aromatic N) is 1. The second-order valence-electron chi connectivity index (χ2n) is 8.23.